The van der Waals surface area contributed by atoms with Crippen molar-refractivity contribution in [1.29, 1.82) is 0 Å². The number of nitrogens with zero attached hydrogens (tertiary/aromatic N) is 2. The zero-order valence-electron chi connectivity index (χ0n) is 16.3. The molecule has 0 radical (unpaired) electrons. The van der Waals surface area contributed by atoms with Crippen LogP contribution in [0.2, 0.25) is 14.8 Å². The number of carbonyl (C=O) groups is 2. The van der Waals surface area contributed by atoms with E-state index in [1.165, 1.54) is 17.0 Å². The zero-order valence-corrected chi connectivity index (χ0v) is 19.2. The van der Waals surface area contributed by atoms with Crippen molar-refractivity contribution in [3.05, 3.63) is 49.2 Å². The topological polar surface area (TPSA) is 110 Å². The number of ether oxygens (including phenoxy) is 1. The van der Waals surface area contributed by atoms with E-state index in [9.17, 15) is 24.8 Å². The Morgan fingerprint density at radius 3 is 2.46 bits per heavy atom. The normalized spacial score (nSPS) is 22.6. The number of nitro groups is 1. The molecule has 1 aromatic rings. The summed E-state index contributed by atoms with van der Waals surface area (Å²) in [5, 5.41) is 20.6. The summed E-state index contributed by atoms with van der Waals surface area (Å²) in [5.74, 6) is -1.24. The third kappa shape index (κ3) is 3.67. The number of fused-ring (bicyclic) bond motifs is 1. The summed E-state index contributed by atoms with van der Waals surface area (Å²) in [6, 6.07) is 5.63. The van der Waals surface area contributed by atoms with Crippen LogP contribution in [0.1, 0.15) is 18.9 Å². The van der Waals surface area contributed by atoms with Crippen LogP contribution < -0.4 is 0 Å². The second-order valence-electron chi connectivity index (χ2n) is 8.32. The molecule has 3 atom stereocenters. The van der Waals surface area contributed by atoms with E-state index >= 15 is 0 Å². The molecule has 1 fully saturated rings. The minimum absolute atomic E-state index is 0.0280. The SMILES string of the molecule is C[C@@H](O)[C@H]1C(=O)N2C(C(=O)OCc3ccc([N+](=O)[O-])cc3)=[C]([Sn]([CH3])([CH3])[CH3])C[C@H]12. The van der Waals surface area contributed by atoms with Gasteiger partial charge >= 0.3 is 167 Å². The van der Waals surface area contributed by atoms with Gasteiger partial charge in [-0.2, -0.15) is 0 Å². The van der Waals surface area contributed by atoms with Crippen LogP contribution in [0.3, 0.4) is 0 Å². The summed E-state index contributed by atoms with van der Waals surface area (Å²) < 4.78 is 6.49. The van der Waals surface area contributed by atoms with E-state index in [4.69, 9.17) is 4.74 Å². The molecule has 8 nitrogen and oxygen atoms in total. The molecule has 1 saturated heterocycles. The van der Waals surface area contributed by atoms with Crippen molar-refractivity contribution in [3.63, 3.8) is 0 Å². The zero-order chi connectivity index (χ0) is 20.8. The second-order valence-corrected chi connectivity index (χ2v) is 22.9. The molecular weight excluding hydrogens is 471 g/mol. The van der Waals surface area contributed by atoms with Gasteiger partial charge in [-0.1, -0.05) is 0 Å². The van der Waals surface area contributed by atoms with Crippen molar-refractivity contribution < 1.29 is 24.4 Å². The van der Waals surface area contributed by atoms with E-state index in [-0.39, 0.29) is 24.2 Å². The first-order valence-electron chi connectivity index (χ1n) is 9.17. The average Bonchev–Trinajstić information content (AvgIpc) is 2.95. The second kappa shape index (κ2) is 7.47. The van der Waals surface area contributed by atoms with Gasteiger partial charge in [0, 0.05) is 0 Å². The van der Waals surface area contributed by atoms with Crippen molar-refractivity contribution in [1.82, 2.24) is 4.90 Å². The van der Waals surface area contributed by atoms with Gasteiger partial charge in [-0.3, -0.25) is 0 Å². The molecule has 2 aliphatic heterocycles. The monoisotopic (exact) mass is 496 g/mol. The number of aliphatic hydroxyl groups excluding tert-OH is 1. The van der Waals surface area contributed by atoms with Gasteiger partial charge in [0.25, 0.3) is 0 Å². The van der Waals surface area contributed by atoms with E-state index in [1.807, 2.05) is 0 Å². The van der Waals surface area contributed by atoms with Gasteiger partial charge in [-0.25, -0.2) is 0 Å². The first kappa shape index (κ1) is 20.8. The number of carbonyl (C=O) groups excluding carboxylic acids is 2. The molecule has 9 heteroatoms. The molecule has 0 bridgehead atoms. The van der Waals surface area contributed by atoms with E-state index < -0.39 is 41.3 Å². The molecule has 0 saturated carbocycles. The Morgan fingerprint density at radius 2 is 1.96 bits per heavy atom. The van der Waals surface area contributed by atoms with Crippen LogP contribution in [-0.2, 0) is 20.9 Å². The van der Waals surface area contributed by atoms with E-state index in [2.05, 4.69) is 14.8 Å². The van der Waals surface area contributed by atoms with Crippen LogP contribution in [0, 0.1) is 16.0 Å². The maximum absolute atomic E-state index is 12.9. The Kier molecular flexibility index (Phi) is 5.55. The van der Waals surface area contributed by atoms with Crippen molar-refractivity contribution in [2.45, 2.75) is 46.9 Å². The van der Waals surface area contributed by atoms with Gasteiger partial charge in [-0.15, -0.1) is 0 Å². The van der Waals surface area contributed by atoms with Crippen molar-refractivity contribution in [3.8, 4) is 0 Å². The molecule has 3 rings (SSSR count). The van der Waals surface area contributed by atoms with Crippen LogP contribution in [0.25, 0.3) is 0 Å². The quantitative estimate of drug-likeness (QED) is 0.214. The number of benzene rings is 1. The number of nitro benzene ring substituents is 1. The van der Waals surface area contributed by atoms with Gasteiger partial charge in [-0.05, 0) is 0 Å². The van der Waals surface area contributed by atoms with Crippen LogP contribution in [0.4, 0.5) is 5.69 Å². The van der Waals surface area contributed by atoms with Crippen molar-refractivity contribution >= 4 is 35.9 Å². The van der Waals surface area contributed by atoms with Gasteiger partial charge in [0.15, 0.2) is 0 Å². The Labute approximate surface area is 167 Å². The fraction of sp³-hybridized carbons (Fsp3) is 0.474. The maximum atomic E-state index is 12.9. The van der Waals surface area contributed by atoms with E-state index in [1.54, 1.807) is 19.1 Å². The van der Waals surface area contributed by atoms with E-state index in [0.717, 1.165) is 3.59 Å². The van der Waals surface area contributed by atoms with Crippen LogP contribution in [0.5, 0.6) is 0 Å². The number of rotatable bonds is 6. The van der Waals surface area contributed by atoms with Gasteiger partial charge < -0.3 is 0 Å². The summed E-state index contributed by atoms with van der Waals surface area (Å²) in [6.07, 6.45) is -0.122. The summed E-state index contributed by atoms with van der Waals surface area (Å²) in [6.45, 7) is 1.57. The van der Waals surface area contributed by atoms with Crippen molar-refractivity contribution in [2.75, 3.05) is 0 Å². The third-order valence-corrected chi connectivity index (χ3v) is 11.8. The van der Waals surface area contributed by atoms with Crippen molar-refractivity contribution in [2.24, 2.45) is 5.92 Å². The Hall–Kier alpha value is -1.94. The molecule has 2 heterocycles. The number of aliphatic hydroxyl groups is 1. The van der Waals surface area contributed by atoms with Gasteiger partial charge in [0.2, 0.25) is 0 Å². The third-order valence-electron chi connectivity index (χ3n) is 5.34. The van der Waals surface area contributed by atoms with Gasteiger partial charge in [0.1, 0.15) is 0 Å². The molecule has 1 aromatic carbocycles. The number of β-lactam (4-membered cyclic amide) rings is 1. The number of esters is 1. The minimum atomic E-state index is -2.68. The number of amides is 1. The summed E-state index contributed by atoms with van der Waals surface area (Å²) in [7, 11) is 0. The fourth-order valence-electron chi connectivity index (χ4n) is 3.85. The summed E-state index contributed by atoms with van der Waals surface area (Å²) in [5.41, 5.74) is 0.958. The Bertz CT molecular complexity index is 856. The molecule has 150 valence electrons. The predicted molar refractivity (Wildman–Crippen MR) is 104 cm³/mol. The van der Waals surface area contributed by atoms with Crippen LogP contribution in [-0.4, -0.2) is 57.3 Å². The van der Waals surface area contributed by atoms with E-state index in [0.29, 0.717) is 17.7 Å². The molecule has 1 amide bonds. The molecule has 2 aliphatic rings. The first-order chi connectivity index (χ1) is 13.0. The fourth-order valence-corrected chi connectivity index (χ4v) is 8.86. The molecular formula is C19H24N2O6Sn. The molecule has 0 spiro atoms. The molecule has 28 heavy (non-hydrogen) atoms. The Morgan fingerprint density at radius 1 is 1.36 bits per heavy atom. The summed E-state index contributed by atoms with van der Waals surface area (Å²) in [4.78, 5) is 43.7. The number of non-ortho nitro benzene ring substituents is 1. The standard InChI is InChI=1S/C16H15N2O6.3CH3.Sn/c1-9(19)14-12-6-7-13(17(12)15(14)20)16(21)24-8-10-2-4-11(5-3-10)18(22)23;;;;/h2-5,9,12,14,19H,6,8H2,1H3;3*1H3;/t9-,12-,14-;;;;/m1..../s1. The molecule has 0 unspecified atom stereocenters. The van der Waals surface area contributed by atoms with Crippen LogP contribution in [0.15, 0.2) is 33.6 Å². The summed E-state index contributed by atoms with van der Waals surface area (Å²) >= 11 is -2.68. The van der Waals surface area contributed by atoms with Crippen LogP contribution >= 0.6 is 0 Å². The number of hydrogen-bond acceptors (Lipinski definition) is 6. The molecule has 0 aliphatic carbocycles. The predicted octanol–water partition coefficient (Wildman–Crippen LogP) is 2.38. The Balaban J connectivity index is 1.78. The average molecular weight is 495 g/mol. The molecule has 0 aromatic heterocycles. The molecule has 1 N–H and O–H groups in total. The first-order valence-corrected chi connectivity index (χ1v) is 19.2. The number of hydrogen-bond donors (Lipinski definition) is 1. The van der Waals surface area contributed by atoms with Gasteiger partial charge in [0.05, 0.1) is 0 Å².